The van der Waals surface area contributed by atoms with Crippen molar-refractivity contribution in [2.45, 2.75) is 19.2 Å². The second-order valence-corrected chi connectivity index (χ2v) is 4.51. The van der Waals surface area contributed by atoms with E-state index < -0.39 is 0 Å². The normalized spacial score (nSPS) is 12.6. The van der Waals surface area contributed by atoms with Gasteiger partial charge < -0.3 is 14.8 Å². The molecule has 1 unspecified atom stereocenters. The number of furan rings is 1. The molecule has 1 radical (unpaired) electrons. The lowest BCUT2D eigenvalue weighted by molar-refractivity contribution is 0.336. The maximum absolute atomic E-state index is 5.59. The van der Waals surface area contributed by atoms with Crippen LogP contribution < -0.4 is 5.73 Å². The molecule has 0 amide bonds. The summed E-state index contributed by atoms with van der Waals surface area (Å²) in [5.74, 6) is 1.08. The first kappa shape index (κ1) is 12.4. The van der Waals surface area contributed by atoms with Crippen LogP contribution in [0, 0.1) is 0 Å². The Morgan fingerprint density at radius 2 is 2.41 bits per heavy atom. The monoisotopic (exact) mass is 248 g/mol. The van der Waals surface area contributed by atoms with Crippen molar-refractivity contribution in [2.24, 2.45) is 5.73 Å². The van der Waals surface area contributed by atoms with Crippen molar-refractivity contribution in [1.82, 2.24) is 0 Å². The molecule has 0 spiro atoms. The van der Waals surface area contributed by atoms with Crippen LogP contribution in [0.25, 0.3) is 11.1 Å². The van der Waals surface area contributed by atoms with Gasteiger partial charge in [-0.1, -0.05) is 13.3 Å². The van der Waals surface area contributed by atoms with Gasteiger partial charge in [-0.05, 0) is 28.5 Å². The summed E-state index contributed by atoms with van der Waals surface area (Å²) in [4.78, 5) is 0. The molecule has 0 aliphatic carbocycles. The van der Waals surface area contributed by atoms with Crippen molar-refractivity contribution in [3.63, 3.8) is 0 Å². The third-order valence-electron chi connectivity index (χ3n) is 2.64. The summed E-state index contributed by atoms with van der Waals surface area (Å²) in [5.41, 5.74) is 7.62. The Morgan fingerprint density at radius 1 is 1.53 bits per heavy atom. The summed E-state index contributed by atoms with van der Waals surface area (Å²) < 4.78 is 10.7. The third kappa shape index (κ3) is 3.00. The average Bonchev–Trinajstić information content (AvgIpc) is 3.00. The van der Waals surface area contributed by atoms with E-state index in [1.807, 2.05) is 0 Å². The topological polar surface area (TPSA) is 48.4 Å². The van der Waals surface area contributed by atoms with E-state index in [4.69, 9.17) is 14.8 Å². The molecule has 0 aromatic carbocycles. The van der Waals surface area contributed by atoms with Gasteiger partial charge in [0.2, 0.25) is 0 Å². The lowest BCUT2D eigenvalue weighted by atomic mass is 9.76. The molecular weight excluding hydrogens is 233 g/mol. The van der Waals surface area contributed by atoms with Crippen molar-refractivity contribution < 1.29 is 9.07 Å². The average molecular weight is 248 g/mol. The maximum atomic E-state index is 5.59. The van der Waals surface area contributed by atoms with Gasteiger partial charge in [-0.2, -0.15) is 11.3 Å². The molecule has 0 fully saturated rings. The zero-order valence-electron chi connectivity index (χ0n) is 9.76. The standard InChI is InChI=1S/C12H15BNO2S/c1-2-11(13-16-8-14)12-5-10(6-15-12)9-3-4-17-7-9/h3-7,11H,2,8,14H2,1H3. The molecule has 0 aliphatic rings. The molecule has 0 saturated heterocycles. The molecule has 2 aromatic heterocycles. The van der Waals surface area contributed by atoms with E-state index in [1.165, 1.54) is 5.56 Å². The van der Waals surface area contributed by atoms with Crippen LogP contribution in [0.2, 0.25) is 0 Å². The van der Waals surface area contributed by atoms with E-state index in [9.17, 15) is 0 Å². The van der Waals surface area contributed by atoms with Crippen molar-refractivity contribution in [2.75, 3.05) is 6.73 Å². The minimum Gasteiger partial charge on any atom is -0.469 e. The largest absolute Gasteiger partial charge is 0.469 e. The first-order valence-electron chi connectivity index (χ1n) is 5.61. The summed E-state index contributed by atoms with van der Waals surface area (Å²) in [5, 5.41) is 4.17. The van der Waals surface area contributed by atoms with Gasteiger partial charge in [-0.25, -0.2) is 0 Å². The summed E-state index contributed by atoms with van der Waals surface area (Å²) >= 11 is 1.68. The molecule has 89 valence electrons. The van der Waals surface area contributed by atoms with Crippen LogP contribution in [0.1, 0.15) is 24.9 Å². The predicted molar refractivity (Wildman–Crippen MR) is 70.9 cm³/mol. The van der Waals surface area contributed by atoms with Crippen molar-refractivity contribution in [3.8, 4) is 11.1 Å². The highest BCUT2D eigenvalue weighted by Gasteiger charge is 2.16. The van der Waals surface area contributed by atoms with Gasteiger partial charge in [-0.15, -0.1) is 0 Å². The van der Waals surface area contributed by atoms with Gasteiger partial charge in [-0.3, -0.25) is 0 Å². The van der Waals surface area contributed by atoms with E-state index in [1.54, 1.807) is 25.1 Å². The zero-order valence-corrected chi connectivity index (χ0v) is 10.6. The lowest BCUT2D eigenvalue weighted by Gasteiger charge is -2.08. The fraction of sp³-hybridized carbons (Fsp3) is 0.333. The first-order valence-corrected chi connectivity index (χ1v) is 6.55. The van der Waals surface area contributed by atoms with Crippen molar-refractivity contribution >= 4 is 18.8 Å². The van der Waals surface area contributed by atoms with Gasteiger partial charge in [0.1, 0.15) is 5.76 Å². The molecule has 5 heteroatoms. The Bertz CT molecular complexity index is 441. The van der Waals surface area contributed by atoms with Gasteiger partial charge in [0.25, 0.3) is 0 Å². The van der Waals surface area contributed by atoms with Crippen LogP contribution in [-0.4, -0.2) is 14.2 Å². The molecule has 17 heavy (non-hydrogen) atoms. The van der Waals surface area contributed by atoms with Gasteiger partial charge >= 0.3 is 7.48 Å². The van der Waals surface area contributed by atoms with Crippen molar-refractivity contribution in [1.29, 1.82) is 0 Å². The summed E-state index contributed by atoms with van der Waals surface area (Å²) in [7, 11) is 1.75. The van der Waals surface area contributed by atoms with Crippen LogP contribution in [0.15, 0.2) is 33.6 Å². The lowest BCUT2D eigenvalue weighted by Crippen LogP contribution is -2.15. The minimum atomic E-state index is 0.158. The van der Waals surface area contributed by atoms with Crippen molar-refractivity contribution in [3.05, 3.63) is 34.9 Å². The SMILES string of the molecule is CCC([B]OCN)c1cc(-c2ccsc2)co1. The fourth-order valence-corrected chi connectivity index (χ4v) is 2.33. The van der Waals surface area contributed by atoms with E-state index in [2.05, 4.69) is 29.8 Å². The van der Waals surface area contributed by atoms with E-state index in [0.29, 0.717) is 0 Å². The van der Waals surface area contributed by atoms with Crippen LogP contribution in [-0.2, 0) is 4.65 Å². The van der Waals surface area contributed by atoms with Crippen LogP contribution >= 0.6 is 11.3 Å². The molecule has 0 saturated carbocycles. The molecule has 0 aliphatic heterocycles. The van der Waals surface area contributed by atoms with Gasteiger partial charge in [0.15, 0.2) is 0 Å². The summed E-state index contributed by atoms with van der Waals surface area (Å²) in [6.07, 6.45) is 2.72. The Hall–Kier alpha value is -1.04. The minimum absolute atomic E-state index is 0.158. The molecular formula is C12H15BNO2S. The third-order valence-corrected chi connectivity index (χ3v) is 3.32. The molecule has 2 aromatic rings. The maximum Gasteiger partial charge on any atom is 0.305 e. The molecule has 2 N–H and O–H groups in total. The Labute approximate surface area is 106 Å². The number of hydrogen-bond donors (Lipinski definition) is 1. The number of hydrogen-bond acceptors (Lipinski definition) is 4. The van der Waals surface area contributed by atoms with Crippen LogP contribution in [0.5, 0.6) is 0 Å². The fourth-order valence-electron chi connectivity index (χ4n) is 1.66. The summed E-state index contributed by atoms with van der Waals surface area (Å²) in [6.45, 7) is 2.29. The Kier molecular flexibility index (Phi) is 4.42. The quantitative estimate of drug-likeness (QED) is 0.631. The summed E-state index contributed by atoms with van der Waals surface area (Å²) in [6, 6.07) is 4.15. The van der Waals surface area contributed by atoms with Crippen LogP contribution in [0.3, 0.4) is 0 Å². The highest BCUT2D eigenvalue weighted by atomic mass is 32.1. The number of thiophene rings is 1. The second kappa shape index (κ2) is 6.05. The smallest absolute Gasteiger partial charge is 0.305 e. The number of rotatable bonds is 6. The van der Waals surface area contributed by atoms with Crippen LogP contribution in [0.4, 0.5) is 0 Å². The number of nitrogens with two attached hydrogens (primary N) is 1. The highest BCUT2D eigenvalue weighted by Crippen LogP contribution is 2.28. The van der Waals surface area contributed by atoms with Gasteiger partial charge in [0.05, 0.1) is 13.0 Å². The first-order chi connectivity index (χ1) is 8.35. The van der Waals surface area contributed by atoms with E-state index in [-0.39, 0.29) is 12.5 Å². The molecule has 2 rings (SSSR count). The van der Waals surface area contributed by atoms with E-state index in [0.717, 1.165) is 17.7 Å². The van der Waals surface area contributed by atoms with E-state index >= 15 is 0 Å². The molecule has 1 atom stereocenters. The second-order valence-electron chi connectivity index (χ2n) is 3.73. The Morgan fingerprint density at radius 3 is 3.06 bits per heavy atom. The Balaban J connectivity index is 2.11. The molecule has 3 nitrogen and oxygen atoms in total. The molecule has 0 bridgehead atoms. The predicted octanol–water partition coefficient (Wildman–Crippen LogP) is 3.01. The van der Waals surface area contributed by atoms with Gasteiger partial charge in [0, 0.05) is 11.4 Å². The zero-order chi connectivity index (χ0) is 12.1. The molecule has 2 heterocycles. The highest BCUT2D eigenvalue weighted by molar-refractivity contribution is 7.08.